The van der Waals surface area contributed by atoms with Crippen molar-refractivity contribution in [3.8, 4) is 0 Å². The lowest BCUT2D eigenvalue weighted by Crippen LogP contribution is -2.36. The molecule has 0 atom stereocenters. The lowest BCUT2D eigenvalue weighted by molar-refractivity contribution is -0.128. The number of hydrogen-bond acceptors (Lipinski definition) is 3. The molecule has 0 aromatic heterocycles. The molecule has 1 rings (SSSR count). The molecule has 0 spiro atoms. The molecule has 3 amide bonds. The van der Waals surface area contributed by atoms with Gasteiger partial charge in [-0.15, -0.1) is 0 Å². The topological polar surface area (TPSA) is 87.3 Å². The van der Waals surface area contributed by atoms with Crippen molar-refractivity contribution >= 4 is 29.1 Å². The van der Waals surface area contributed by atoms with Gasteiger partial charge >= 0.3 is 0 Å². The van der Waals surface area contributed by atoms with Crippen LogP contribution in [-0.4, -0.2) is 24.3 Å². The first-order chi connectivity index (χ1) is 10.6. The zero-order chi connectivity index (χ0) is 17.6. The number of halogens is 1. The van der Waals surface area contributed by atoms with Gasteiger partial charge in [0.15, 0.2) is 0 Å². The highest BCUT2D eigenvalue weighted by atomic mass is 19.1. The Morgan fingerprint density at radius 1 is 1.13 bits per heavy atom. The average molecular weight is 323 g/mol. The normalized spacial score (nSPS) is 10.8. The molecule has 3 N–H and O–H groups in total. The molecule has 0 fully saturated rings. The van der Waals surface area contributed by atoms with Crippen LogP contribution in [-0.2, 0) is 14.4 Å². The van der Waals surface area contributed by atoms with E-state index in [2.05, 4.69) is 16.0 Å². The first-order valence-corrected chi connectivity index (χ1v) is 7.25. The Kier molecular flexibility index (Phi) is 6.24. The number of nitrogens with one attached hydrogen (secondary N) is 3. The zero-order valence-electron chi connectivity index (χ0n) is 13.7. The molecule has 0 bridgehead atoms. The molecule has 0 aliphatic carbocycles. The lowest BCUT2D eigenvalue weighted by atomic mass is 9.96. The van der Waals surface area contributed by atoms with Crippen LogP contribution < -0.4 is 16.0 Å². The number of benzene rings is 1. The van der Waals surface area contributed by atoms with Crippen LogP contribution in [0.25, 0.3) is 0 Å². The molecule has 1 aromatic carbocycles. The van der Waals surface area contributed by atoms with Crippen LogP contribution in [0.3, 0.4) is 0 Å². The summed E-state index contributed by atoms with van der Waals surface area (Å²) in [6, 6.07) is 3.89. The average Bonchev–Trinajstić information content (AvgIpc) is 2.40. The number of rotatable bonds is 5. The minimum atomic E-state index is -0.587. The van der Waals surface area contributed by atoms with Gasteiger partial charge in [-0.25, -0.2) is 4.39 Å². The van der Waals surface area contributed by atoms with Crippen LogP contribution in [0.5, 0.6) is 0 Å². The summed E-state index contributed by atoms with van der Waals surface area (Å²) >= 11 is 0. The Bertz CT molecular complexity index is 609. The summed E-state index contributed by atoms with van der Waals surface area (Å²) in [5.41, 5.74) is -0.153. The van der Waals surface area contributed by atoms with Crippen LogP contribution >= 0.6 is 0 Å². The molecule has 23 heavy (non-hydrogen) atoms. The van der Waals surface area contributed by atoms with Crippen molar-refractivity contribution in [2.75, 3.05) is 17.2 Å². The van der Waals surface area contributed by atoms with Gasteiger partial charge < -0.3 is 16.0 Å². The molecule has 0 saturated heterocycles. The highest BCUT2D eigenvalue weighted by Gasteiger charge is 2.20. The Morgan fingerprint density at radius 3 is 2.35 bits per heavy atom. The summed E-state index contributed by atoms with van der Waals surface area (Å²) in [7, 11) is 0. The van der Waals surface area contributed by atoms with Gasteiger partial charge in [0, 0.05) is 31.0 Å². The van der Waals surface area contributed by atoms with Crippen molar-refractivity contribution in [3.63, 3.8) is 0 Å². The lowest BCUT2D eigenvalue weighted by Gasteiger charge is -2.17. The standard InChI is InChI=1S/C16H22FN3O3/c1-10(21)19-13-9-11(5-6-12(13)17)20-14(22)7-8-18-15(23)16(2,3)4/h5-6,9H,7-8H2,1-4H3,(H,18,23)(H,19,21)(H,20,22). The van der Waals surface area contributed by atoms with Crippen LogP contribution in [0.2, 0.25) is 0 Å². The smallest absolute Gasteiger partial charge is 0.226 e. The van der Waals surface area contributed by atoms with Crippen LogP contribution in [0.4, 0.5) is 15.8 Å². The third-order valence-electron chi connectivity index (χ3n) is 2.88. The van der Waals surface area contributed by atoms with Crippen LogP contribution in [0, 0.1) is 11.2 Å². The van der Waals surface area contributed by atoms with Gasteiger partial charge in [-0.3, -0.25) is 14.4 Å². The quantitative estimate of drug-likeness (QED) is 0.777. The Hall–Kier alpha value is -2.44. The van der Waals surface area contributed by atoms with E-state index >= 15 is 0 Å². The number of carbonyl (C=O) groups excluding carboxylic acids is 3. The van der Waals surface area contributed by atoms with Gasteiger partial charge in [-0.1, -0.05) is 20.8 Å². The van der Waals surface area contributed by atoms with Crippen molar-refractivity contribution in [2.45, 2.75) is 34.1 Å². The number of amides is 3. The van der Waals surface area contributed by atoms with E-state index in [9.17, 15) is 18.8 Å². The second-order valence-electron chi connectivity index (χ2n) is 6.18. The fourth-order valence-electron chi connectivity index (χ4n) is 1.67. The Labute approximate surface area is 134 Å². The molecular weight excluding hydrogens is 301 g/mol. The van der Waals surface area contributed by atoms with Crippen molar-refractivity contribution in [2.24, 2.45) is 5.41 Å². The predicted octanol–water partition coefficient (Wildman–Crippen LogP) is 2.27. The molecule has 126 valence electrons. The van der Waals surface area contributed by atoms with E-state index in [-0.39, 0.29) is 30.5 Å². The van der Waals surface area contributed by atoms with Crippen LogP contribution in [0.1, 0.15) is 34.1 Å². The zero-order valence-corrected chi connectivity index (χ0v) is 13.7. The molecule has 0 heterocycles. The van der Waals surface area contributed by atoms with E-state index in [0.29, 0.717) is 5.69 Å². The van der Waals surface area contributed by atoms with Crippen LogP contribution in [0.15, 0.2) is 18.2 Å². The van der Waals surface area contributed by atoms with Gasteiger partial charge in [0.25, 0.3) is 0 Å². The number of hydrogen-bond donors (Lipinski definition) is 3. The molecule has 0 unspecified atom stereocenters. The van der Waals surface area contributed by atoms with E-state index in [1.165, 1.54) is 19.1 Å². The van der Waals surface area contributed by atoms with E-state index in [4.69, 9.17) is 0 Å². The third kappa shape index (κ3) is 6.46. The second kappa shape index (κ2) is 7.71. The molecule has 0 saturated carbocycles. The largest absolute Gasteiger partial charge is 0.355 e. The Morgan fingerprint density at radius 2 is 1.78 bits per heavy atom. The fraction of sp³-hybridized carbons (Fsp3) is 0.438. The summed E-state index contributed by atoms with van der Waals surface area (Å²) in [6.07, 6.45) is 0.0919. The first kappa shape index (κ1) is 18.6. The molecule has 0 radical (unpaired) electrons. The predicted molar refractivity (Wildman–Crippen MR) is 86.4 cm³/mol. The second-order valence-corrected chi connectivity index (χ2v) is 6.18. The maximum atomic E-state index is 13.5. The van der Waals surface area contributed by atoms with E-state index < -0.39 is 17.1 Å². The minimum Gasteiger partial charge on any atom is -0.355 e. The maximum absolute atomic E-state index is 13.5. The van der Waals surface area contributed by atoms with E-state index in [1.807, 2.05) is 0 Å². The molecule has 0 aliphatic rings. The van der Waals surface area contributed by atoms with Gasteiger partial charge in [-0.05, 0) is 18.2 Å². The summed E-state index contributed by atoms with van der Waals surface area (Å²) in [6.45, 7) is 6.82. The van der Waals surface area contributed by atoms with Crippen molar-refractivity contribution in [1.82, 2.24) is 5.32 Å². The molecule has 1 aromatic rings. The van der Waals surface area contributed by atoms with Crippen molar-refractivity contribution in [3.05, 3.63) is 24.0 Å². The summed E-state index contributed by atoms with van der Waals surface area (Å²) in [5.74, 6) is -1.45. The minimum absolute atomic E-state index is 0.00339. The van der Waals surface area contributed by atoms with Crippen molar-refractivity contribution < 1.29 is 18.8 Å². The monoisotopic (exact) mass is 323 g/mol. The van der Waals surface area contributed by atoms with E-state index in [0.717, 1.165) is 6.07 Å². The first-order valence-electron chi connectivity index (χ1n) is 7.25. The van der Waals surface area contributed by atoms with Gasteiger partial charge in [0.2, 0.25) is 17.7 Å². The Balaban J connectivity index is 2.54. The van der Waals surface area contributed by atoms with Gasteiger partial charge in [0.05, 0.1) is 5.69 Å². The number of carbonyl (C=O) groups is 3. The SMILES string of the molecule is CC(=O)Nc1cc(NC(=O)CCNC(=O)C(C)(C)C)ccc1F. The summed E-state index contributed by atoms with van der Waals surface area (Å²) in [5, 5.41) is 7.60. The molecule has 6 nitrogen and oxygen atoms in total. The van der Waals surface area contributed by atoms with Crippen molar-refractivity contribution in [1.29, 1.82) is 0 Å². The summed E-state index contributed by atoms with van der Waals surface area (Å²) < 4.78 is 13.5. The summed E-state index contributed by atoms with van der Waals surface area (Å²) in [4.78, 5) is 34.5. The number of anilines is 2. The van der Waals surface area contributed by atoms with E-state index in [1.54, 1.807) is 20.8 Å². The molecule has 0 aliphatic heterocycles. The molecule has 7 heteroatoms. The molecular formula is C16H22FN3O3. The maximum Gasteiger partial charge on any atom is 0.226 e. The highest BCUT2D eigenvalue weighted by Crippen LogP contribution is 2.19. The highest BCUT2D eigenvalue weighted by molar-refractivity contribution is 5.93. The fourth-order valence-corrected chi connectivity index (χ4v) is 1.67. The van der Waals surface area contributed by atoms with Gasteiger partial charge in [-0.2, -0.15) is 0 Å². The third-order valence-corrected chi connectivity index (χ3v) is 2.88. The van der Waals surface area contributed by atoms with Gasteiger partial charge in [0.1, 0.15) is 5.82 Å².